The molecule has 9 nitrogen and oxygen atoms in total. The first-order chi connectivity index (χ1) is 16.8. The summed E-state index contributed by atoms with van der Waals surface area (Å²) in [5.74, 6) is -4.25. The minimum absolute atomic E-state index is 0.102. The van der Waals surface area contributed by atoms with Gasteiger partial charge in [-0.2, -0.15) is 18.4 Å². The van der Waals surface area contributed by atoms with E-state index in [1.54, 1.807) is 5.32 Å². The fourth-order valence-electron chi connectivity index (χ4n) is 4.29. The number of amides is 4. The zero-order valence-corrected chi connectivity index (χ0v) is 23.0. The molecule has 1 aliphatic heterocycles. The molecule has 0 radical (unpaired) electrons. The third kappa shape index (κ3) is 9.09. The van der Waals surface area contributed by atoms with Crippen molar-refractivity contribution in [1.82, 2.24) is 21.3 Å². The number of hydrogen-bond acceptors (Lipinski definition) is 5. The Morgan fingerprint density at radius 1 is 1.08 bits per heavy atom. The zero-order valence-electron chi connectivity index (χ0n) is 22.2. The summed E-state index contributed by atoms with van der Waals surface area (Å²) in [6, 6.07) is -1.72. The monoisotopic (exact) mass is 549 g/mol. The van der Waals surface area contributed by atoms with E-state index in [9.17, 15) is 37.6 Å². The first-order valence-corrected chi connectivity index (χ1v) is 15.2. The molecule has 2 rings (SSSR count). The number of nitriles is 1. The maximum absolute atomic E-state index is 13.2. The van der Waals surface area contributed by atoms with Gasteiger partial charge in [-0.3, -0.25) is 19.2 Å². The smallest absolute Gasteiger partial charge is 0.350 e. The first kappa shape index (κ1) is 30.7. The second-order valence-corrected chi connectivity index (χ2v) is 16.5. The van der Waals surface area contributed by atoms with Crippen LogP contribution in [0.15, 0.2) is 0 Å². The van der Waals surface area contributed by atoms with Gasteiger partial charge in [0.05, 0.1) is 6.07 Å². The average molecular weight is 550 g/mol. The highest BCUT2D eigenvalue weighted by molar-refractivity contribution is 8.32. The van der Waals surface area contributed by atoms with Crippen LogP contribution in [0.5, 0.6) is 0 Å². The lowest BCUT2D eigenvalue weighted by Crippen LogP contribution is -2.60. The predicted molar refractivity (Wildman–Crippen MR) is 135 cm³/mol. The molecule has 0 aromatic carbocycles. The second-order valence-electron chi connectivity index (χ2n) is 12.0. The third-order valence-corrected chi connectivity index (χ3v) is 7.87. The predicted octanol–water partition coefficient (Wildman–Crippen LogP) is 1.72. The number of hydrogen-bond donors (Lipinski definition) is 4. The van der Waals surface area contributed by atoms with Crippen molar-refractivity contribution in [2.45, 2.75) is 82.7 Å². The number of carbonyl (C=O) groups excluding carboxylic acids is 4. The van der Waals surface area contributed by atoms with E-state index < -0.39 is 63.4 Å². The van der Waals surface area contributed by atoms with Crippen LogP contribution in [-0.2, 0) is 19.2 Å². The van der Waals surface area contributed by atoms with Crippen molar-refractivity contribution in [2.24, 2.45) is 11.3 Å². The summed E-state index contributed by atoms with van der Waals surface area (Å²) in [5.41, 5.74) is -1.20. The lowest BCUT2D eigenvalue weighted by Gasteiger charge is -2.35. The Morgan fingerprint density at radius 2 is 1.68 bits per heavy atom. The quantitative estimate of drug-likeness (QED) is 0.347. The van der Waals surface area contributed by atoms with Crippen LogP contribution in [0.4, 0.5) is 13.2 Å². The van der Waals surface area contributed by atoms with Crippen LogP contribution in [0.3, 0.4) is 0 Å². The van der Waals surface area contributed by atoms with E-state index in [-0.39, 0.29) is 23.6 Å². The summed E-state index contributed by atoms with van der Waals surface area (Å²) in [7, 11) is -1.40. The molecule has 0 aromatic heterocycles. The highest BCUT2D eigenvalue weighted by Gasteiger charge is 2.48. The first-order valence-electron chi connectivity index (χ1n) is 12.1. The number of nitrogens with zero attached hydrogens (tertiary/aromatic N) is 1. The maximum Gasteiger partial charge on any atom is 0.471 e. The molecule has 4 amide bonds. The Hall–Kier alpha value is -2.49. The van der Waals surface area contributed by atoms with Crippen molar-refractivity contribution in [3.63, 3.8) is 0 Å². The van der Waals surface area contributed by atoms with Crippen LogP contribution in [0, 0.1) is 22.7 Å². The third-order valence-electron chi connectivity index (χ3n) is 6.54. The van der Waals surface area contributed by atoms with Crippen molar-refractivity contribution in [3.05, 3.63) is 0 Å². The molecular formula is C24H38F3N5O4S. The van der Waals surface area contributed by atoms with E-state index in [0.717, 1.165) is 19.3 Å². The Morgan fingerprint density at radius 3 is 2.11 bits per heavy atom. The lowest BCUT2D eigenvalue weighted by molar-refractivity contribution is -0.175. The number of halogens is 3. The van der Waals surface area contributed by atoms with Gasteiger partial charge in [0, 0.05) is 17.2 Å². The molecule has 37 heavy (non-hydrogen) atoms. The summed E-state index contributed by atoms with van der Waals surface area (Å²) in [5, 5.41) is 19.5. The van der Waals surface area contributed by atoms with E-state index >= 15 is 0 Å². The van der Waals surface area contributed by atoms with E-state index in [2.05, 4.69) is 16.0 Å². The van der Waals surface area contributed by atoms with Gasteiger partial charge in [-0.1, -0.05) is 20.8 Å². The van der Waals surface area contributed by atoms with Gasteiger partial charge in [0.25, 0.3) is 0 Å². The van der Waals surface area contributed by atoms with Gasteiger partial charge in [-0.15, -0.1) is 0 Å². The number of alkyl halides is 3. The highest BCUT2D eigenvalue weighted by atomic mass is 32.3. The molecule has 4 unspecified atom stereocenters. The Balaban J connectivity index is 2.13. The number of rotatable bonds is 9. The Kier molecular flexibility index (Phi) is 9.21. The van der Waals surface area contributed by atoms with Gasteiger partial charge in [0.15, 0.2) is 0 Å². The zero-order chi connectivity index (χ0) is 28.4. The Bertz CT molecular complexity index is 948. The standard InChI is InChI=1S/C24H38F3N5O4S/c1-22(2,3)17(31-21(36)24(25,26)27)20(35)30-16(13-37(4,5)6)19(34)29-15(12-28)11-14-7-8-23(9-10-23)32-18(14)33/h14-17H,7-11,13H2,1-6H3,(H,29,34)(H,30,35)(H,31,36)(H,32,33). The summed E-state index contributed by atoms with van der Waals surface area (Å²) >= 11 is 0. The van der Waals surface area contributed by atoms with E-state index in [4.69, 9.17) is 0 Å². The number of piperidine rings is 1. The van der Waals surface area contributed by atoms with Gasteiger partial charge >= 0.3 is 12.1 Å². The summed E-state index contributed by atoms with van der Waals surface area (Å²) in [4.78, 5) is 50.3. The van der Waals surface area contributed by atoms with Crippen LogP contribution in [-0.4, -0.2) is 78.0 Å². The molecule has 13 heteroatoms. The van der Waals surface area contributed by atoms with E-state index in [1.165, 1.54) is 20.8 Å². The van der Waals surface area contributed by atoms with Crippen LogP contribution in [0.25, 0.3) is 0 Å². The van der Waals surface area contributed by atoms with Crippen LogP contribution >= 0.6 is 10.0 Å². The largest absolute Gasteiger partial charge is 0.471 e. The molecule has 4 N–H and O–H groups in total. The normalized spacial score (nSPS) is 22.1. The maximum atomic E-state index is 13.2. The molecule has 2 aliphatic rings. The molecule has 1 aliphatic carbocycles. The summed E-state index contributed by atoms with van der Waals surface area (Å²) < 4.78 is 38.6. The summed E-state index contributed by atoms with van der Waals surface area (Å²) in [6.45, 7) is 4.47. The molecule has 1 saturated heterocycles. The van der Waals surface area contributed by atoms with Crippen molar-refractivity contribution < 1.29 is 32.3 Å². The SMILES string of the molecule is CC(C)(C)C(NC(=O)C(F)(F)F)C(=O)NC(CS(C)(C)C)C(=O)NC(C#N)CC1CCC2(CC2)NC1=O. The molecule has 4 atom stereocenters. The fourth-order valence-corrected chi connectivity index (χ4v) is 5.52. The molecule has 2 fully saturated rings. The summed E-state index contributed by atoms with van der Waals surface area (Å²) in [6.07, 6.45) is 3.94. The average Bonchev–Trinajstić information content (AvgIpc) is 3.48. The highest BCUT2D eigenvalue weighted by Crippen LogP contribution is 2.44. The van der Waals surface area contributed by atoms with E-state index in [0.29, 0.717) is 6.42 Å². The Labute approximate surface area is 217 Å². The second kappa shape index (κ2) is 11.1. The molecule has 1 saturated carbocycles. The van der Waals surface area contributed by atoms with Gasteiger partial charge in [-0.25, -0.2) is 10.0 Å². The number of nitrogens with one attached hydrogen (secondary N) is 4. The molecule has 210 valence electrons. The lowest BCUT2D eigenvalue weighted by atomic mass is 9.86. The van der Waals surface area contributed by atoms with Crippen LogP contribution < -0.4 is 21.3 Å². The van der Waals surface area contributed by atoms with Gasteiger partial charge in [-0.05, 0) is 56.3 Å². The molecular weight excluding hydrogens is 511 g/mol. The minimum Gasteiger partial charge on any atom is -0.350 e. The van der Waals surface area contributed by atoms with Crippen molar-refractivity contribution in [1.29, 1.82) is 5.26 Å². The van der Waals surface area contributed by atoms with Crippen molar-refractivity contribution in [2.75, 3.05) is 24.5 Å². The molecule has 0 bridgehead atoms. The molecule has 1 heterocycles. The van der Waals surface area contributed by atoms with Gasteiger partial charge in [0.1, 0.15) is 18.1 Å². The van der Waals surface area contributed by atoms with E-state index in [1.807, 2.05) is 24.8 Å². The number of carbonyl (C=O) groups is 4. The van der Waals surface area contributed by atoms with Gasteiger partial charge < -0.3 is 21.3 Å². The molecule has 1 spiro atoms. The van der Waals surface area contributed by atoms with Crippen molar-refractivity contribution in [3.8, 4) is 6.07 Å². The van der Waals surface area contributed by atoms with Gasteiger partial charge in [0.2, 0.25) is 17.7 Å². The molecule has 0 aromatic rings. The fraction of sp³-hybridized carbons (Fsp3) is 0.792. The van der Waals surface area contributed by atoms with Crippen LogP contribution in [0.2, 0.25) is 0 Å². The minimum atomic E-state index is -5.18. The van der Waals surface area contributed by atoms with Crippen LogP contribution in [0.1, 0.15) is 52.9 Å². The topological polar surface area (TPSA) is 140 Å². The van der Waals surface area contributed by atoms with Crippen molar-refractivity contribution >= 4 is 33.7 Å².